The molecule has 0 spiro atoms. The van der Waals surface area contributed by atoms with Crippen molar-refractivity contribution in [3.8, 4) is 0 Å². The van der Waals surface area contributed by atoms with E-state index in [4.69, 9.17) is 0 Å². The van der Waals surface area contributed by atoms with E-state index >= 15 is 0 Å². The minimum absolute atomic E-state index is 0.0513. The van der Waals surface area contributed by atoms with E-state index in [2.05, 4.69) is 22.4 Å². The summed E-state index contributed by atoms with van der Waals surface area (Å²) in [5.41, 5.74) is 2.51. The van der Waals surface area contributed by atoms with Gasteiger partial charge in [-0.15, -0.1) is 11.3 Å². The van der Waals surface area contributed by atoms with Gasteiger partial charge in [-0.1, -0.05) is 30.7 Å². The van der Waals surface area contributed by atoms with E-state index in [0.29, 0.717) is 5.92 Å². The molecule has 21 heavy (non-hydrogen) atoms. The van der Waals surface area contributed by atoms with Gasteiger partial charge in [0.2, 0.25) is 0 Å². The van der Waals surface area contributed by atoms with Crippen LogP contribution in [0.25, 0.3) is 0 Å². The molecule has 2 atom stereocenters. The summed E-state index contributed by atoms with van der Waals surface area (Å²) in [6.45, 7) is 0.792. The number of nitrogens with one attached hydrogen (secondary N) is 1. The van der Waals surface area contributed by atoms with Gasteiger partial charge in [0.1, 0.15) is 0 Å². The molecule has 2 N–H and O–H groups in total. The average Bonchev–Trinajstić information content (AvgIpc) is 2.99. The third kappa shape index (κ3) is 2.52. The maximum absolute atomic E-state index is 10.3. The summed E-state index contributed by atoms with van der Waals surface area (Å²) in [6.07, 6.45) is 6.39. The van der Waals surface area contributed by atoms with Gasteiger partial charge in [-0.25, -0.2) is 4.98 Å². The number of aromatic nitrogens is 1. The van der Waals surface area contributed by atoms with Crippen LogP contribution in [0.1, 0.15) is 52.2 Å². The van der Waals surface area contributed by atoms with Crippen LogP contribution in [0.4, 0.5) is 0 Å². The highest BCUT2D eigenvalue weighted by molar-refractivity contribution is 7.11. The summed E-state index contributed by atoms with van der Waals surface area (Å²) < 4.78 is 0. The molecule has 1 aromatic carbocycles. The normalized spacial score (nSPS) is 24.8. The smallest absolute Gasteiger partial charge is 0.0959 e. The average molecular weight is 300 g/mol. The molecule has 4 rings (SSSR count). The molecule has 0 bridgehead atoms. The monoisotopic (exact) mass is 300 g/mol. The van der Waals surface area contributed by atoms with E-state index in [1.807, 2.05) is 29.7 Å². The van der Waals surface area contributed by atoms with E-state index in [1.165, 1.54) is 40.3 Å². The highest BCUT2D eigenvalue weighted by Gasteiger charge is 2.30. The van der Waals surface area contributed by atoms with Crippen molar-refractivity contribution in [3.05, 3.63) is 51.5 Å². The number of benzene rings is 1. The maximum Gasteiger partial charge on any atom is 0.0959 e. The second-order valence-electron chi connectivity index (χ2n) is 6.12. The number of aliphatic hydroxyl groups excluding tert-OH is 1. The van der Waals surface area contributed by atoms with Gasteiger partial charge in [-0.2, -0.15) is 0 Å². The standard InChI is InChI=1S/C17H20N2OS/c20-15-8-12-4-1-2-7-14(12)16(15)18-9-13-10-19-17(21-13)11-5-3-6-11/h1-2,4,7,10-11,15-16,18,20H,3,5-6,8-9H2/t15-,16+/m1/s1. The first-order valence-corrected chi connectivity index (χ1v) is 8.57. The van der Waals surface area contributed by atoms with Gasteiger partial charge in [0.05, 0.1) is 17.2 Å². The van der Waals surface area contributed by atoms with Gasteiger partial charge in [0, 0.05) is 30.0 Å². The van der Waals surface area contributed by atoms with Crippen molar-refractivity contribution < 1.29 is 5.11 Å². The Kier molecular flexibility index (Phi) is 3.53. The van der Waals surface area contributed by atoms with Gasteiger partial charge >= 0.3 is 0 Å². The van der Waals surface area contributed by atoms with Crippen molar-refractivity contribution in [2.24, 2.45) is 0 Å². The molecule has 1 fully saturated rings. The lowest BCUT2D eigenvalue weighted by atomic mass is 9.86. The second kappa shape index (κ2) is 5.52. The lowest BCUT2D eigenvalue weighted by Crippen LogP contribution is -2.28. The van der Waals surface area contributed by atoms with Crippen LogP contribution in [-0.2, 0) is 13.0 Å². The Bertz CT molecular complexity index is 635. The molecular formula is C17H20N2OS. The highest BCUT2D eigenvalue weighted by atomic mass is 32.1. The third-order valence-corrected chi connectivity index (χ3v) is 5.89. The van der Waals surface area contributed by atoms with Gasteiger partial charge in [-0.05, 0) is 24.0 Å². The summed E-state index contributed by atoms with van der Waals surface area (Å²) in [6, 6.07) is 8.38. The topological polar surface area (TPSA) is 45.1 Å². The van der Waals surface area contributed by atoms with Gasteiger partial charge in [0.15, 0.2) is 0 Å². The number of hydrogen-bond acceptors (Lipinski definition) is 4. The molecule has 3 nitrogen and oxygen atoms in total. The number of nitrogens with zero attached hydrogens (tertiary/aromatic N) is 1. The fourth-order valence-electron chi connectivity index (χ4n) is 3.28. The lowest BCUT2D eigenvalue weighted by molar-refractivity contribution is 0.141. The van der Waals surface area contributed by atoms with E-state index < -0.39 is 0 Å². The maximum atomic E-state index is 10.3. The van der Waals surface area contributed by atoms with Crippen molar-refractivity contribution in [2.45, 2.75) is 50.3 Å². The van der Waals surface area contributed by atoms with Crippen LogP contribution >= 0.6 is 11.3 Å². The number of rotatable bonds is 4. The molecule has 1 saturated carbocycles. The fraction of sp³-hybridized carbons (Fsp3) is 0.471. The van der Waals surface area contributed by atoms with Gasteiger partial charge in [-0.3, -0.25) is 0 Å². The number of aliphatic hydroxyl groups is 1. The minimum Gasteiger partial charge on any atom is -0.391 e. The quantitative estimate of drug-likeness (QED) is 0.911. The first kappa shape index (κ1) is 13.4. The predicted octanol–water partition coefficient (Wildman–Crippen LogP) is 3.16. The Morgan fingerprint density at radius 1 is 1.29 bits per heavy atom. The molecule has 0 amide bonds. The molecule has 4 heteroatoms. The second-order valence-corrected chi connectivity index (χ2v) is 7.27. The van der Waals surface area contributed by atoms with Crippen LogP contribution in [0, 0.1) is 0 Å². The summed E-state index contributed by atoms with van der Waals surface area (Å²) in [5, 5.41) is 15.1. The molecule has 1 heterocycles. The highest BCUT2D eigenvalue weighted by Crippen LogP contribution is 2.38. The fourth-order valence-corrected chi connectivity index (χ4v) is 4.32. The molecule has 2 aromatic rings. The number of fused-ring (bicyclic) bond motifs is 1. The lowest BCUT2D eigenvalue weighted by Gasteiger charge is -2.22. The summed E-state index contributed by atoms with van der Waals surface area (Å²) >= 11 is 1.83. The van der Waals surface area contributed by atoms with Crippen molar-refractivity contribution >= 4 is 11.3 Å². The Labute approximate surface area is 129 Å². The first-order valence-electron chi connectivity index (χ1n) is 7.75. The molecule has 2 aliphatic carbocycles. The molecule has 0 aliphatic heterocycles. The van der Waals surface area contributed by atoms with Crippen molar-refractivity contribution in [2.75, 3.05) is 0 Å². The third-order valence-electron chi connectivity index (χ3n) is 4.73. The zero-order chi connectivity index (χ0) is 14.2. The zero-order valence-electron chi connectivity index (χ0n) is 12.0. The molecule has 110 valence electrons. The van der Waals surface area contributed by atoms with E-state index in [-0.39, 0.29) is 12.1 Å². The molecule has 1 aromatic heterocycles. The Hall–Kier alpha value is -1.23. The zero-order valence-corrected chi connectivity index (χ0v) is 12.8. The van der Waals surface area contributed by atoms with Crippen LogP contribution in [-0.4, -0.2) is 16.2 Å². The van der Waals surface area contributed by atoms with Gasteiger partial charge < -0.3 is 10.4 Å². The summed E-state index contributed by atoms with van der Waals surface area (Å²) in [7, 11) is 0. The van der Waals surface area contributed by atoms with Crippen LogP contribution in [0.2, 0.25) is 0 Å². The molecule has 2 aliphatic rings. The number of hydrogen-bond donors (Lipinski definition) is 2. The molecule has 0 unspecified atom stereocenters. The Morgan fingerprint density at radius 3 is 2.95 bits per heavy atom. The first-order chi connectivity index (χ1) is 10.3. The molecule has 0 radical (unpaired) electrons. The van der Waals surface area contributed by atoms with Crippen molar-refractivity contribution in [1.29, 1.82) is 0 Å². The van der Waals surface area contributed by atoms with Crippen LogP contribution in [0.15, 0.2) is 30.5 Å². The Balaban J connectivity index is 1.43. The minimum atomic E-state index is -0.318. The summed E-state index contributed by atoms with van der Waals surface area (Å²) in [5.74, 6) is 0.710. The van der Waals surface area contributed by atoms with Crippen molar-refractivity contribution in [1.82, 2.24) is 10.3 Å². The SMILES string of the molecule is O[C@@H]1Cc2ccccc2[C@@H]1NCc1cnc(C2CCC2)s1. The van der Waals surface area contributed by atoms with E-state index in [9.17, 15) is 5.11 Å². The van der Waals surface area contributed by atoms with E-state index in [1.54, 1.807) is 0 Å². The van der Waals surface area contributed by atoms with E-state index in [0.717, 1.165) is 13.0 Å². The predicted molar refractivity (Wildman–Crippen MR) is 84.4 cm³/mol. The van der Waals surface area contributed by atoms with Crippen molar-refractivity contribution in [3.63, 3.8) is 0 Å². The molecule has 0 saturated heterocycles. The van der Waals surface area contributed by atoms with Crippen LogP contribution in [0.3, 0.4) is 0 Å². The van der Waals surface area contributed by atoms with Crippen LogP contribution < -0.4 is 5.32 Å². The largest absolute Gasteiger partial charge is 0.391 e. The van der Waals surface area contributed by atoms with Crippen LogP contribution in [0.5, 0.6) is 0 Å². The summed E-state index contributed by atoms with van der Waals surface area (Å²) in [4.78, 5) is 5.83. The van der Waals surface area contributed by atoms with Gasteiger partial charge in [0.25, 0.3) is 0 Å². The Morgan fingerprint density at radius 2 is 2.14 bits per heavy atom. The number of thiazole rings is 1. The molecular weight excluding hydrogens is 280 g/mol.